The van der Waals surface area contributed by atoms with Crippen LogP contribution in [0.4, 0.5) is 5.69 Å². The van der Waals surface area contributed by atoms with Gasteiger partial charge in [0.2, 0.25) is 0 Å². The lowest BCUT2D eigenvalue weighted by Gasteiger charge is -2.30. The largest absolute Gasteiger partial charge is 0.298 e. The fraction of sp³-hybridized carbons (Fsp3) is 0.167. The summed E-state index contributed by atoms with van der Waals surface area (Å²) in [6, 6.07) is 7.63. The smallest absolute Gasteiger partial charge is 0.270 e. The predicted octanol–water partition coefficient (Wildman–Crippen LogP) is 3.50. The molecule has 1 N–H and O–H groups in total. The molecule has 2 aromatic rings. The monoisotopic (exact) mass is 356 g/mol. The van der Waals surface area contributed by atoms with Gasteiger partial charge in [-0.25, -0.2) is 0 Å². The molecule has 0 saturated carbocycles. The number of hydrogen-bond donors (Lipinski definition) is 1. The number of nitrogens with zero attached hydrogens (tertiary/aromatic N) is 1. The van der Waals surface area contributed by atoms with Gasteiger partial charge in [-0.05, 0) is 73.3 Å². The maximum absolute atomic E-state index is 13.0. The number of carbonyl (C=O) groups excluding carboxylic acids is 2. The highest BCUT2D eigenvalue weighted by Crippen LogP contribution is 2.28. The fourth-order valence-electron chi connectivity index (χ4n) is 2.52. The molecule has 1 saturated heterocycles. The van der Waals surface area contributed by atoms with Crippen molar-refractivity contribution in [2.24, 2.45) is 0 Å². The first-order valence-corrected chi connectivity index (χ1v) is 8.70. The number of amides is 2. The van der Waals surface area contributed by atoms with Crippen LogP contribution in [-0.4, -0.2) is 16.9 Å². The molecule has 1 fully saturated rings. The van der Waals surface area contributed by atoms with Gasteiger partial charge in [0.15, 0.2) is 5.11 Å². The van der Waals surface area contributed by atoms with E-state index in [9.17, 15) is 9.59 Å². The Morgan fingerprint density at radius 2 is 1.88 bits per heavy atom. The zero-order valence-electron chi connectivity index (χ0n) is 13.5. The van der Waals surface area contributed by atoms with Crippen molar-refractivity contribution in [2.75, 3.05) is 4.90 Å². The number of benzene rings is 1. The number of rotatable bonds is 2. The predicted molar refractivity (Wildman–Crippen MR) is 101 cm³/mol. The first-order valence-electron chi connectivity index (χ1n) is 7.42. The first-order chi connectivity index (χ1) is 11.4. The lowest BCUT2D eigenvalue weighted by Crippen LogP contribution is -2.54. The molecule has 122 valence electrons. The Bertz CT molecular complexity index is 896. The van der Waals surface area contributed by atoms with E-state index in [-0.39, 0.29) is 10.7 Å². The van der Waals surface area contributed by atoms with Gasteiger partial charge >= 0.3 is 0 Å². The van der Waals surface area contributed by atoms with Gasteiger partial charge in [-0.2, -0.15) is 0 Å². The van der Waals surface area contributed by atoms with Gasteiger partial charge in [0, 0.05) is 4.88 Å². The number of carbonyl (C=O) groups is 2. The van der Waals surface area contributed by atoms with E-state index in [1.54, 1.807) is 6.08 Å². The second kappa shape index (κ2) is 6.30. The molecule has 0 unspecified atom stereocenters. The summed E-state index contributed by atoms with van der Waals surface area (Å²) in [5.41, 5.74) is 3.82. The Kier molecular flexibility index (Phi) is 4.34. The number of nitrogens with one attached hydrogen (secondary N) is 1. The summed E-state index contributed by atoms with van der Waals surface area (Å²) in [4.78, 5) is 27.5. The van der Waals surface area contributed by atoms with Crippen molar-refractivity contribution in [2.45, 2.75) is 20.8 Å². The van der Waals surface area contributed by atoms with E-state index < -0.39 is 11.8 Å². The van der Waals surface area contributed by atoms with Gasteiger partial charge in [-0.15, -0.1) is 11.3 Å². The molecule has 0 aliphatic carbocycles. The molecule has 24 heavy (non-hydrogen) atoms. The Balaban J connectivity index is 2.09. The average molecular weight is 356 g/mol. The minimum absolute atomic E-state index is 0.0926. The number of hydrogen-bond acceptors (Lipinski definition) is 4. The zero-order chi connectivity index (χ0) is 17.4. The highest BCUT2D eigenvalue weighted by atomic mass is 32.1. The molecule has 1 aromatic heterocycles. The van der Waals surface area contributed by atoms with Crippen molar-refractivity contribution in [3.63, 3.8) is 0 Å². The van der Waals surface area contributed by atoms with Crippen LogP contribution in [0.1, 0.15) is 21.6 Å². The Labute approximate surface area is 149 Å². The summed E-state index contributed by atoms with van der Waals surface area (Å²) in [5.74, 6) is -0.857. The first kappa shape index (κ1) is 16.5. The third-order valence-electron chi connectivity index (χ3n) is 4.10. The maximum Gasteiger partial charge on any atom is 0.270 e. The van der Waals surface area contributed by atoms with Crippen molar-refractivity contribution in [1.82, 2.24) is 5.32 Å². The molecular formula is C18H16N2O2S2. The molecule has 0 radical (unpaired) electrons. The van der Waals surface area contributed by atoms with Gasteiger partial charge < -0.3 is 0 Å². The van der Waals surface area contributed by atoms with E-state index in [2.05, 4.69) is 5.32 Å². The molecular weight excluding hydrogens is 340 g/mol. The van der Waals surface area contributed by atoms with Crippen LogP contribution in [0.3, 0.4) is 0 Å². The Morgan fingerprint density at radius 3 is 2.54 bits per heavy atom. The molecule has 1 aliphatic rings. The van der Waals surface area contributed by atoms with Gasteiger partial charge in [0.25, 0.3) is 11.8 Å². The van der Waals surface area contributed by atoms with Gasteiger partial charge in [-0.3, -0.25) is 19.8 Å². The number of anilines is 1. The van der Waals surface area contributed by atoms with E-state index in [0.717, 1.165) is 21.6 Å². The van der Waals surface area contributed by atoms with Crippen molar-refractivity contribution < 1.29 is 9.59 Å². The normalized spacial score (nSPS) is 16.7. The van der Waals surface area contributed by atoms with E-state index in [0.29, 0.717) is 5.69 Å². The molecule has 0 bridgehead atoms. The van der Waals surface area contributed by atoms with E-state index >= 15 is 0 Å². The second-order valence-corrected chi connectivity index (χ2v) is 6.98. The summed E-state index contributed by atoms with van der Waals surface area (Å²) in [5, 5.41) is 4.66. The van der Waals surface area contributed by atoms with Crippen molar-refractivity contribution in [3.8, 4) is 0 Å². The zero-order valence-corrected chi connectivity index (χ0v) is 15.2. The number of thiophene rings is 1. The molecule has 2 amide bonds. The van der Waals surface area contributed by atoms with Crippen molar-refractivity contribution in [3.05, 3.63) is 56.8 Å². The van der Waals surface area contributed by atoms with Crippen molar-refractivity contribution in [1.29, 1.82) is 0 Å². The van der Waals surface area contributed by atoms with E-state index in [1.807, 2.05) is 50.4 Å². The third kappa shape index (κ3) is 2.79. The summed E-state index contributed by atoms with van der Waals surface area (Å²) in [6.07, 6.45) is 1.64. The van der Waals surface area contributed by atoms with Crippen LogP contribution >= 0.6 is 23.6 Å². The highest BCUT2D eigenvalue weighted by Gasteiger charge is 2.35. The Hall–Kier alpha value is -2.31. The summed E-state index contributed by atoms with van der Waals surface area (Å²) in [7, 11) is 0. The second-order valence-electron chi connectivity index (χ2n) is 5.64. The number of aryl methyl sites for hydroxylation is 2. The van der Waals surface area contributed by atoms with Crippen molar-refractivity contribution >= 4 is 52.2 Å². The van der Waals surface area contributed by atoms with Crippen LogP contribution in [0.15, 0.2) is 35.2 Å². The topological polar surface area (TPSA) is 49.4 Å². The lowest BCUT2D eigenvalue weighted by atomic mass is 10.0. The minimum atomic E-state index is -0.459. The molecule has 4 nitrogen and oxygen atoms in total. The van der Waals surface area contributed by atoms with Crippen LogP contribution in [-0.2, 0) is 9.59 Å². The molecule has 2 heterocycles. The Morgan fingerprint density at radius 1 is 1.12 bits per heavy atom. The highest BCUT2D eigenvalue weighted by molar-refractivity contribution is 7.80. The van der Waals surface area contributed by atoms with Crippen LogP contribution < -0.4 is 10.2 Å². The van der Waals surface area contributed by atoms with Gasteiger partial charge in [-0.1, -0.05) is 12.1 Å². The SMILES string of the molecule is Cc1ccsc1C=C1C(=O)NC(=S)N(c2cccc(C)c2C)C1=O. The summed E-state index contributed by atoms with van der Waals surface area (Å²) >= 11 is 6.73. The van der Waals surface area contributed by atoms with Gasteiger partial charge in [0.1, 0.15) is 5.57 Å². The molecule has 6 heteroatoms. The minimum Gasteiger partial charge on any atom is -0.298 e. The van der Waals surface area contributed by atoms with Gasteiger partial charge in [0.05, 0.1) is 5.69 Å². The van der Waals surface area contributed by atoms with Crippen LogP contribution in [0.5, 0.6) is 0 Å². The average Bonchev–Trinajstić information content (AvgIpc) is 2.93. The summed E-state index contributed by atoms with van der Waals surface area (Å²) < 4.78 is 0. The molecule has 3 rings (SSSR count). The molecule has 1 aliphatic heterocycles. The standard InChI is InChI=1S/C18H16N2O2S2/c1-10-5-4-6-14(12(10)3)20-17(22)13(16(21)19-18(20)23)9-15-11(2)7-8-24-15/h4-9H,1-3H3,(H,19,21,23). The van der Waals surface area contributed by atoms with Crippen LogP contribution in [0.25, 0.3) is 6.08 Å². The fourth-order valence-corrected chi connectivity index (χ4v) is 3.65. The third-order valence-corrected chi connectivity index (χ3v) is 5.35. The van der Waals surface area contributed by atoms with Crippen LogP contribution in [0, 0.1) is 20.8 Å². The molecule has 1 aromatic carbocycles. The molecule has 0 atom stereocenters. The molecule has 0 spiro atoms. The summed E-state index contributed by atoms with van der Waals surface area (Å²) in [6.45, 7) is 5.85. The van der Waals surface area contributed by atoms with E-state index in [4.69, 9.17) is 12.2 Å². The van der Waals surface area contributed by atoms with Crippen LogP contribution in [0.2, 0.25) is 0 Å². The lowest BCUT2D eigenvalue weighted by molar-refractivity contribution is -0.122. The number of thiocarbonyl (C=S) groups is 1. The quantitative estimate of drug-likeness (QED) is 0.509. The maximum atomic E-state index is 13.0. The van der Waals surface area contributed by atoms with E-state index in [1.165, 1.54) is 16.2 Å².